The lowest BCUT2D eigenvalue weighted by Gasteiger charge is -2.09. The van der Waals surface area contributed by atoms with Gasteiger partial charge in [-0.25, -0.2) is 4.79 Å². The molecule has 0 heterocycles. The van der Waals surface area contributed by atoms with Crippen LogP contribution in [0, 0.1) is 0 Å². The fourth-order valence-electron chi connectivity index (χ4n) is 3.20. The summed E-state index contributed by atoms with van der Waals surface area (Å²) < 4.78 is 15.7. The van der Waals surface area contributed by atoms with Gasteiger partial charge in [-0.2, -0.15) is 0 Å². The predicted octanol–water partition coefficient (Wildman–Crippen LogP) is 4.11. The highest BCUT2D eigenvalue weighted by Gasteiger charge is 2.09. The van der Waals surface area contributed by atoms with Crippen molar-refractivity contribution in [1.29, 1.82) is 0 Å². The van der Waals surface area contributed by atoms with Crippen LogP contribution in [-0.4, -0.2) is 42.9 Å². The number of methoxy groups -OCH3 is 2. The van der Waals surface area contributed by atoms with Gasteiger partial charge in [0.1, 0.15) is 5.75 Å². The Kier molecular flexibility index (Phi) is 9.11. The van der Waals surface area contributed by atoms with Crippen LogP contribution in [0.1, 0.15) is 16.7 Å². The van der Waals surface area contributed by atoms with Crippen molar-refractivity contribution in [2.24, 2.45) is 0 Å². The van der Waals surface area contributed by atoms with Crippen molar-refractivity contribution in [2.75, 3.05) is 20.8 Å². The summed E-state index contributed by atoms with van der Waals surface area (Å²) in [5, 5.41) is 21.8. The number of nitrogens with one attached hydrogen (secondary N) is 1. The highest BCUT2D eigenvalue weighted by atomic mass is 16.6. The normalized spacial score (nSPS) is 10.9. The number of carbonyl (C=O) groups excluding carboxylic acids is 2. The molecule has 0 aliphatic rings. The first kappa shape index (κ1) is 25.9. The molecule has 0 aromatic heterocycles. The standard InChI is InChI=1S/C28H27NO7/c1-34-25-17-20(5-11-23(25)31)8-14-28(33)36-24-12-6-21(18-26(24)35-2)7-13-27(32)29-16-15-19-3-9-22(30)10-4-19/h3-14,17-18,30-31H,15-16H2,1-2H3,(H,29,32). The summed E-state index contributed by atoms with van der Waals surface area (Å²) in [5.74, 6) is 0.192. The topological polar surface area (TPSA) is 114 Å². The van der Waals surface area contributed by atoms with E-state index in [4.69, 9.17) is 14.2 Å². The summed E-state index contributed by atoms with van der Waals surface area (Å²) in [6.45, 7) is 0.455. The number of benzene rings is 3. The number of rotatable bonds is 10. The minimum atomic E-state index is -0.614. The summed E-state index contributed by atoms with van der Waals surface area (Å²) >= 11 is 0. The average molecular weight is 490 g/mol. The predicted molar refractivity (Wildman–Crippen MR) is 136 cm³/mol. The molecule has 36 heavy (non-hydrogen) atoms. The van der Waals surface area contributed by atoms with Crippen LogP contribution in [0.4, 0.5) is 0 Å². The monoisotopic (exact) mass is 489 g/mol. The van der Waals surface area contributed by atoms with Crippen molar-refractivity contribution < 1.29 is 34.0 Å². The largest absolute Gasteiger partial charge is 0.508 e. The first-order valence-electron chi connectivity index (χ1n) is 11.1. The van der Waals surface area contributed by atoms with E-state index >= 15 is 0 Å². The van der Waals surface area contributed by atoms with E-state index < -0.39 is 5.97 Å². The van der Waals surface area contributed by atoms with Gasteiger partial charge in [-0.1, -0.05) is 24.3 Å². The van der Waals surface area contributed by atoms with Gasteiger partial charge in [0.15, 0.2) is 23.0 Å². The fraction of sp³-hybridized carbons (Fsp3) is 0.143. The maximum Gasteiger partial charge on any atom is 0.336 e. The van der Waals surface area contributed by atoms with Gasteiger partial charge >= 0.3 is 5.97 Å². The molecular weight excluding hydrogens is 462 g/mol. The third-order valence-corrected chi connectivity index (χ3v) is 5.09. The van der Waals surface area contributed by atoms with Gasteiger partial charge in [-0.05, 0) is 71.7 Å². The molecule has 8 nitrogen and oxygen atoms in total. The fourth-order valence-corrected chi connectivity index (χ4v) is 3.20. The van der Waals surface area contributed by atoms with Crippen LogP contribution < -0.4 is 19.5 Å². The van der Waals surface area contributed by atoms with Gasteiger partial charge < -0.3 is 29.7 Å². The number of esters is 1. The molecule has 0 aliphatic heterocycles. The van der Waals surface area contributed by atoms with E-state index in [2.05, 4.69) is 5.32 Å². The van der Waals surface area contributed by atoms with Gasteiger partial charge in [-0.15, -0.1) is 0 Å². The zero-order valence-electron chi connectivity index (χ0n) is 19.9. The van der Waals surface area contributed by atoms with Crippen LogP contribution >= 0.6 is 0 Å². The SMILES string of the molecule is COc1cc(C=CC(=O)Oc2ccc(C=CC(=O)NCCc3ccc(O)cc3)cc2OC)ccc1O. The van der Waals surface area contributed by atoms with Crippen LogP contribution in [0.25, 0.3) is 12.2 Å². The number of phenols is 2. The molecule has 3 N–H and O–H groups in total. The Hall–Kier alpha value is -4.72. The van der Waals surface area contributed by atoms with Crippen molar-refractivity contribution >= 4 is 24.0 Å². The molecule has 0 saturated carbocycles. The number of carbonyl (C=O) groups is 2. The lowest BCUT2D eigenvalue weighted by Crippen LogP contribution is -2.23. The Morgan fingerprint density at radius 1 is 0.806 bits per heavy atom. The smallest absolute Gasteiger partial charge is 0.336 e. The molecule has 0 spiro atoms. The Labute approximate surface area is 209 Å². The molecule has 3 rings (SSSR count). The molecule has 0 saturated heterocycles. The number of ether oxygens (including phenoxy) is 3. The molecule has 3 aromatic carbocycles. The Bertz CT molecular complexity index is 1260. The zero-order chi connectivity index (χ0) is 25.9. The second-order valence-electron chi connectivity index (χ2n) is 7.64. The third-order valence-electron chi connectivity index (χ3n) is 5.09. The van der Waals surface area contributed by atoms with E-state index in [9.17, 15) is 19.8 Å². The van der Waals surface area contributed by atoms with Crippen molar-refractivity contribution in [3.63, 3.8) is 0 Å². The molecule has 0 unspecified atom stereocenters. The Balaban J connectivity index is 1.55. The second-order valence-corrected chi connectivity index (χ2v) is 7.64. The Morgan fingerprint density at radius 2 is 1.44 bits per heavy atom. The van der Waals surface area contributed by atoms with Gasteiger partial charge in [0.2, 0.25) is 5.91 Å². The van der Waals surface area contributed by atoms with E-state index in [1.54, 1.807) is 60.7 Å². The van der Waals surface area contributed by atoms with Crippen LogP contribution in [-0.2, 0) is 16.0 Å². The maximum absolute atomic E-state index is 12.3. The molecule has 3 aromatic rings. The highest BCUT2D eigenvalue weighted by molar-refractivity contribution is 5.92. The lowest BCUT2D eigenvalue weighted by atomic mass is 10.1. The maximum atomic E-state index is 12.3. The quantitative estimate of drug-likeness (QED) is 0.223. The second kappa shape index (κ2) is 12.7. The average Bonchev–Trinajstić information content (AvgIpc) is 2.88. The van der Waals surface area contributed by atoms with Gasteiger partial charge in [0.25, 0.3) is 0 Å². The number of amides is 1. The number of aromatic hydroxyl groups is 2. The van der Waals surface area contributed by atoms with Crippen molar-refractivity contribution in [3.8, 4) is 28.7 Å². The van der Waals surface area contributed by atoms with Gasteiger partial charge in [-0.3, -0.25) is 4.79 Å². The minimum absolute atomic E-state index is 0.00247. The van der Waals surface area contributed by atoms with Gasteiger partial charge in [0, 0.05) is 18.7 Å². The molecule has 0 bridgehead atoms. The summed E-state index contributed by atoms with van der Waals surface area (Å²) in [7, 11) is 2.89. The summed E-state index contributed by atoms with van der Waals surface area (Å²) in [4.78, 5) is 24.4. The van der Waals surface area contributed by atoms with Crippen LogP contribution in [0.5, 0.6) is 28.7 Å². The van der Waals surface area contributed by atoms with Crippen molar-refractivity contribution in [1.82, 2.24) is 5.32 Å². The summed E-state index contributed by atoms with van der Waals surface area (Å²) in [6, 6.07) is 16.4. The van der Waals surface area contributed by atoms with Gasteiger partial charge in [0.05, 0.1) is 14.2 Å². The third kappa shape index (κ3) is 7.66. The first-order chi connectivity index (χ1) is 17.4. The molecule has 186 valence electrons. The molecule has 0 aliphatic carbocycles. The molecule has 0 atom stereocenters. The van der Waals surface area contributed by atoms with E-state index in [0.717, 1.165) is 5.56 Å². The van der Waals surface area contributed by atoms with E-state index in [1.165, 1.54) is 38.5 Å². The number of hydrogen-bond donors (Lipinski definition) is 3. The van der Waals surface area contributed by atoms with Crippen molar-refractivity contribution in [2.45, 2.75) is 6.42 Å². The zero-order valence-corrected chi connectivity index (χ0v) is 19.9. The molecule has 1 amide bonds. The molecule has 8 heteroatoms. The minimum Gasteiger partial charge on any atom is -0.508 e. The molecule has 0 radical (unpaired) electrons. The highest BCUT2D eigenvalue weighted by Crippen LogP contribution is 2.29. The summed E-state index contributed by atoms with van der Waals surface area (Å²) in [6.07, 6.45) is 6.46. The van der Waals surface area contributed by atoms with Crippen LogP contribution in [0.3, 0.4) is 0 Å². The number of hydrogen-bond acceptors (Lipinski definition) is 7. The van der Waals surface area contributed by atoms with Crippen LogP contribution in [0.15, 0.2) is 72.8 Å². The van der Waals surface area contributed by atoms with E-state index in [-0.39, 0.29) is 23.2 Å². The summed E-state index contributed by atoms with van der Waals surface area (Å²) in [5.41, 5.74) is 2.34. The number of phenolic OH excluding ortho intramolecular Hbond substituents is 2. The first-order valence-corrected chi connectivity index (χ1v) is 11.1. The lowest BCUT2D eigenvalue weighted by molar-refractivity contribution is -0.129. The van der Waals surface area contributed by atoms with Crippen LogP contribution in [0.2, 0.25) is 0 Å². The van der Waals surface area contributed by atoms with E-state index in [0.29, 0.717) is 35.6 Å². The van der Waals surface area contributed by atoms with E-state index in [1.807, 2.05) is 0 Å². The Morgan fingerprint density at radius 3 is 2.14 bits per heavy atom. The van der Waals surface area contributed by atoms with Crippen molar-refractivity contribution in [3.05, 3.63) is 89.5 Å². The molecule has 0 fully saturated rings. The molecular formula is C28H27NO7.